The van der Waals surface area contributed by atoms with E-state index in [4.69, 9.17) is 9.73 Å². The Kier molecular flexibility index (Phi) is 7.33. The maximum Gasteiger partial charge on any atom is 0.242 e. The van der Waals surface area contributed by atoms with Gasteiger partial charge in [0.1, 0.15) is 5.25 Å². The number of aliphatic imine (C=N–C) groups is 1. The fourth-order valence-electron chi connectivity index (χ4n) is 3.70. The van der Waals surface area contributed by atoms with E-state index in [2.05, 4.69) is 28.2 Å². The lowest BCUT2D eigenvalue weighted by molar-refractivity contribution is -0.129. The van der Waals surface area contributed by atoms with Crippen LogP contribution in [0.4, 0.5) is 11.4 Å². The van der Waals surface area contributed by atoms with Gasteiger partial charge in [-0.25, -0.2) is 4.99 Å². The molecule has 2 aliphatic heterocycles. The fourth-order valence-corrected chi connectivity index (χ4v) is 5.14. The maximum atomic E-state index is 13.2. The van der Waals surface area contributed by atoms with Gasteiger partial charge in [-0.3, -0.25) is 14.5 Å². The standard InChI is InChI=1S/C24H26BrN3O3S/c1-15-5-8-19(12-16(15)2)27-24-28(14-20-4-3-11-31-20)23(30)21(32-24)13-22(29)26-18-9-6-17(25)7-10-18/h5-10,12,20-21H,3-4,11,13-14H2,1-2H3,(H,26,29). The van der Waals surface area contributed by atoms with E-state index in [0.717, 1.165) is 35.2 Å². The van der Waals surface area contributed by atoms with Gasteiger partial charge in [0.25, 0.3) is 0 Å². The van der Waals surface area contributed by atoms with Crippen LogP contribution in [0.25, 0.3) is 0 Å². The molecule has 1 N–H and O–H groups in total. The van der Waals surface area contributed by atoms with E-state index in [1.807, 2.05) is 49.4 Å². The number of nitrogens with zero attached hydrogens (tertiary/aromatic N) is 2. The van der Waals surface area contributed by atoms with Crippen molar-refractivity contribution in [1.82, 2.24) is 4.90 Å². The Morgan fingerprint density at radius 3 is 2.69 bits per heavy atom. The summed E-state index contributed by atoms with van der Waals surface area (Å²) in [4.78, 5) is 32.3. The van der Waals surface area contributed by atoms with E-state index in [1.54, 1.807) is 4.90 Å². The van der Waals surface area contributed by atoms with Gasteiger partial charge in [0.05, 0.1) is 18.3 Å². The van der Waals surface area contributed by atoms with E-state index >= 15 is 0 Å². The number of amides is 2. The van der Waals surface area contributed by atoms with Crippen molar-refractivity contribution >= 4 is 56.0 Å². The minimum absolute atomic E-state index is 0.0137. The highest BCUT2D eigenvalue weighted by Gasteiger charge is 2.40. The number of anilines is 1. The van der Waals surface area contributed by atoms with Crippen LogP contribution in [0.3, 0.4) is 0 Å². The molecule has 168 valence electrons. The van der Waals surface area contributed by atoms with Gasteiger partial charge in [-0.2, -0.15) is 0 Å². The second kappa shape index (κ2) is 10.2. The normalized spacial score (nSPS) is 22.0. The van der Waals surface area contributed by atoms with Gasteiger partial charge >= 0.3 is 0 Å². The number of amidine groups is 1. The van der Waals surface area contributed by atoms with Gasteiger partial charge in [0, 0.05) is 23.2 Å². The molecule has 2 amide bonds. The van der Waals surface area contributed by atoms with Crippen LogP contribution in [0.15, 0.2) is 51.9 Å². The lowest BCUT2D eigenvalue weighted by Crippen LogP contribution is -2.38. The summed E-state index contributed by atoms with van der Waals surface area (Å²) < 4.78 is 6.70. The molecule has 2 unspecified atom stereocenters. The molecule has 2 atom stereocenters. The van der Waals surface area contributed by atoms with Gasteiger partial charge in [-0.15, -0.1) is 0 Å². The molecule has 0 bridgehead atoms. The number of hydrogen-bond donors (Lipinski definition) is 1. The van der Waals surface area contributed by atoms with Crippen molar-refractivity contribution in [2.75, 3.05) is 18.5 Å². The number of halogens is 1. The summed E-state index contributed by atoms with van der Waals surface area (Å²) in [5.74, 6) is -0.276. The van der Waals surface area contributed by atoms with Gasteiger partial charge in [-0.05, 0) is 74.2 Å². The Morgan fingerprint density at radius 2 is 2.00 bits per heavy atom. The van der Waals surface area contributed by atoms with Crippen LogP contribution in [0.2, 0.25) is 0 Å². The highest BCUT2D eigenvalue weighted by atomic mass is 79.9. The topological polar surface area (TPSA) is 71.0 Å². The summed E-state index contributed by atoms with van der Waals surface area (Å²) >= 11 is 4.74. The zero-order chi connectivity index (χ0) is 22.7. The van der Waals surface area contributed by atoms with Crippen LogP contribution in [-0.2, 0) is 14.3 Å². The van der Waals surface area contributed by atoms with Crippen molar-refractivity contribution in [2.45, 2.75) is 44.5 Å². The Bertz CT molecular complexity index is 1040. The number of ether oxygens (including phenoxy) is 1. The molecule has 0 radical (unpaired) electrons. The van der Waals surface area contributed by atoms with Crippen LogP contribution < -0.4 is 5.32 Å². The summed E-state index contributed by atoms with van der Waals surface area (Å²) in [6.07, 6.45) is 2.04. The van der Waals surface area contributed by atoms with E-state index < -0.39 is 5.25 Å². The number of rotatable bonds is 6. The summed E-state index contributed by atoms with van der Waals surface area (Å²) in [6, 6.07) is 13.4. The number of nitrogens with one attached hydrogen (secondary N) is 1. The van der Waals surface area contributed by atoms with Crippen molar-refractivity contribution in [3.8, 4) is 0 Å². The molecule has 0 aliphatic carbocycles. The molecule has 6 nitrogen and oxygen atoms in total. The molecule has 0 saturated carbocycles. The Labute approximate surface area is 200 Å². The molecule has 2 aliphatic rings. The molecule has 0 spiro atoms. The van der Waals surface area contributed by atoms with E-state index in [-0.39, 0.29) is 24.3 Å². The third kappa shape index (κ3) is 5.60. The first-order chi connectivity index (χ1) is 15.4. The summed E-state index contributed by atoms with van der Waals surface area (Å²) in [5, 5.41) is 3.01. The largest absolute Gasteiger partial charge is 0.376 e. The fraction of sp³-hybridized carbons (Fsp3) is 0.375. The van der Waals surface area contributed by atoms with Gasteiger partial charge in [0.15, 0.2) is 5.17 Å². The lowest BCUT2D eigenvalue weighted by atomic mass is 10.1. The molecule has 2 saturated heterocycles. The molecule has 2 aromatic carbocycles. The van der Waals surface area contributed by atoms with E-state index in [1.165, 1.54) is 17.3 Å². The first-order valence-electron chi connectivity index (χ1n) is 10.7. The van der Waals surface area contributed by atoms with E-state index in [0.29, 0.717) is 17.4 Å². The monoisotopic (exact) mass is 515 g/mol. The smallest absolute Gasteiger partial charge is 0.242 e. The maximum absolute atomic E-state index is 13.2. The summed E-state index contributed by atoms with van der Waals surface area (Å²) in [5.41, 5.74) is 3.86. The van der Waals surface area contributed by atoms with Crippen LogP contribution in [0, 0.1) is 13.8 Å². The molecule has 2 aromatic rings. The summed E-state index contributed by atoms with van der Waals surface area (Å²) in [6.45, 7) is 5.30. The van der Waals surface area contributed by atoms with Gasteiger partial charge in [-0.1, -0.05) is 33.8 Å². The Morgan fingerprint density at radius 1 is 1.22 bits per heavy atom. The number of carbonyl (C=O) groups is 2. The zero-order valence-electron chi connectivity index (χ0n) is 18.1. The van der Waals surface area contributed by atoms with Gasteiger partial charge in [0.2, 0.25) is 11.8 Å². The van der Waals surface area contributed by atoms with Crippen LogP contribution >= 0.6 is 27.7 Å². The van der Waals surface area contributed by atoms with Crippen molar-refractivity contribution in [2.24, 2.45) is 4.99 Å². The highest BCUT2D eigenvalue weighted by molar-refractivity contribution is 9.10. The zero-order valence-corrected chi connectivity index (χ0v) is 20.5. The first kappa shape index (κ1) is 23.0. The third-order valence-electron chi connectivity index (χ3n) is 5.64. The average molecular weight is 516 g/mol. The van der Waals surface area contributed by atoms with E-state index in [9.17, 15) is 9.59 Å². The second-order valence-electron chi connectivity index (χ2n) is 8.11. The summed E-state index contributed by atoms with van der Waals surface area (Å²) in [7, 11) is 0. The Balaban J connectivity index is 1.51. The Hall–Kier alpha value is -2.16. The molecular weight excluding hydrogens is 490 g/mol. The molecule has 8 heteroatoms. The van der Waals surface area contributed by atoms with Crippen LogP contribution in [-0.4, -0.2) is 46.4 Å². The van der Waals surface area contributed by atoms with Crippen molar-refractivity contribution < 1.29 is 14.3 Å². The number of aryl methyl sites for hydroxylation is 2. The van der Waals surface area contributed by atoms with Crippen LogP contribution in [0.1, 0.15) is 30.4 Å². The minimum atomic E-state index is -0.503. The number of hydrogen-bond acceptors (Lipinski definition) is 5. The molecule has 32 heavy (non-hydrogen) atoms. The predicted molar refractivity (Wildman–Crippen MR) is 132 cm³/mol. The SMILES string of the molecule is Cc1ccc(N=C2SC(CC(=O)Nc3ccc(Br)cc3)C(=O)N2CC2CCCO2)cc1C. The lowest BCUT2D eigenvalue weighted by Gasteiger charge is -2.20. The number of thioether (sulfide) groups is 1. The minimum Gasteiger partial charge on any atom is -0.376 e. The first-order valence-corrected chi connectivity index (χ1v) is 12.4. The third-order valence-corrected chi connectivity index (χ3v) is 7.35. The molecule has 2 heterocycles. The molecule has 2 fully saturated rings. The molecule has 0 aromatic heterocycles. The quantitative estimate of drug-likeness (QED) is 0.573. The van der Waals surface area contributed by atoms with Crippen molar-refractivity contribution in [3.05, 3.63) is 58.1 Å². The van der Waals surface area contributed by atoms with Crippen LogP contribution in [0.5, 0.6) is 0 Å². The van der Waals surface area contributed by atoms with Crippen molar-refractivity contribution in [1.29, 1.82) is 0 Å². The molecule has 4 rings (SSSR count). The molecular formula is C24H26BrN3O3S. The predicted octanol–water partition coefficient (Wildman–Crippen LogP) is 5.21. The highest BCUT2D eigenvalue weighted by Crippen LogP contribution is 2.33. The van der Waals surface area contributed by atoms with Crippen molar-refractivity contribution in [3.63, 3.8) is 0 Å². The second-order valence-corrected chi connectivity index (χ2v) is 10.2. The van der Waals surface area contributed by atoms with Gasteiger partial charge < -0.3 is 10.1 Å². The number of benzene rings is 2. The number of carbonyl (C=O) groups excluding carboxylic acids is 2. The average Bonchev–Trinajstić information content (AvgIpc) is 3.37.